The summed E-state index contributed by atoms with van der Waals surface area (Å²) in [5.74, 6) is 0.399. The normalized spacial score (nSPS) is 16.9. The van der Waals surface area contributed by atoms with E-state index in [1.165, 1.54) is 0 Å². The van der Waals surface area contributed by atoms with Crippen molar-refractivity contribution in [1.29, 1.82) is 0 Å². The molecule has 1 aliphatic carbocycles. The summed E-state index contributed by atoms with van der Waals surface area (Å²) in [6.07, 6.45) is -0.252. The molecule has 2 N–H and O–H groups in total. The van der Waals surface area contributed by atoms with E-state index >= 15 is 0 Å². The molecule has 0 radical (unpaired) electrons. The number of allylic oxidation sites excluding steroid dienone is 2. The Labute approximate surface area is 206 Å². The maximum Gasteiger partial charge on any atom is 0.431 e. The van der Waals surface area contributed by atoms with Gasteiger partial charge in [0.1, 0.15) is 22.8 Å². The Morgan fingerprint density at radius 1 is 1.08 bits per heavy atom. The van der Waals surface area contributed by atoms with Gasteiger partial charge in [0.05, 0.1) is 6.04 Å². The number of carbonyl (C=O) groups excluding carboxylic acids is 1. The monoisotopic (exact) mass is 494 g/mol. The van der Waals surface area contributed by atoms with Gasteiger partial charge < -0.3 is 15.0 Å². The summed E-state index contributed by atoms with van der Waals surface area (Å²) < 4.78 is 47.4. The molecule has 5 nitrogen and oxygen atoms in total. The first kappa shape index (κ1) is 23.9. The fourth-order valence-electron chi connectivity index (χ4n) is 4.97. The maximum absolute atomic E-state index is 13.8. The average Bonchev–Trinajstić information content (AvgIpc) is 2.83. The second-order valence-electron chi connectivity index (χ2n) is 9.31. The lowest BCUT2D eigenvalue weighted by molar-refractivity contribution is -0.141. The second-order valence-corrected chi connectivity index (χ2v) is 9.31. The number of aryl methyl sites for hydroxylation is 2. The predicted molar refractivity (Wildman–Crippen MR) is 130 cm³/mol. The van der Waals surface area contributed by atoms with Crippen LogP contribution in [0.5, 0.6) is 11.5 Å². The van der Waals surface area contributed by atoms with E-state index in [-0.39, 0.29) is 11.1 Å². The van der Waals surface area contributed by atoms with Gasteiger partial charge in [-0.05, 0) is 74.4 Å². The molecule has 1 unspecified atom stereocenters. The van der Waals surface area contributed by atoms with Crippen LogP contribution in [0.3, 0.4) is 0 Å². The van der Waals surface area contributed by atoms with Crippen LogP contribution in [0.1, 0.15) is 75.6 Å². The maximum atomic E-state index is 13.8. The summed E-state index contributed by atoms with van der Waals surface area (Å²) in [5, 5.41) is 2.90. The van der Waals surface area contributed by atoms with E-state index in [1.807, 2.05) is 49.2 Å². The molecule has 36 heavy (non-hydrogen) atoms. The van der Waals surface area contributed by atoms with Crippen molar-refractivity contribution < 1.29 is 22.7 Å². The van der Waals surface area contributed by atoms with Crippen LogP contribution >= 0.6 is 0 Å². The van der Waals surface area contributed by atoms with E-state index in [0.717, 1.165) is 35.6 Å². The number of fused-ring (bicyclic) bond motifs is 2. The van der Waals surface area contributed by atoms with Crippen LogP contribution in [0.25, 0.3) is 5.57 Å². The first-order valence-corrected chi connectivity index (χ1v) is 11.9. The predicted octanol–water partition coefficient (Wildman–Crippen LogP) is 6.59. The number of aromatic nitrogens is 1. The van der Waals surface area contributed by atoms with Crippen molar-refractivity contribution in [2.45, 2.75) is 51.7 Å². The van der Waals surface area contributed by atoms with Crippen molar-refractivity contribution in [2.24, 2.45) is 0 Å². The number of pyridine rings is 1. The highest BCUT2D eigenvalue weighted by Gasteiger charge is 2.37. The third-order valence-electron chi connectivity index (χ3n) is 6.75. The Kier molecular flexibility index (Phi) is 5.98. The van der Waals surface area contributed by atoms with Crippen molar-refractivity contribution in [1.82, 2.24) is 10.3 Å². The van der Waals surface area contributed by atoms with Crippen LogP contribution < -0.4 is 15.6 Å². The minimum atomic E-state index is -4.75. The molecule has 1 atom stereocenters. The molecule has 0 bridgehead atoms. The van der Waals surface area contributed by atoms with Crippen LogP contribution in [0.2, 0.25) is 0 Å². The van der Waals surface area contributed by atoms with Gasteiger partial charge in [0.2, 0.25) is 0 Å². The Morgan fingerprint density at radius 2 is 1.89 bits per heavy atom. The molecule has 186 valence electrons. The lowest BCUT2D eigenvalue weighted by atomic mass is 9.90. The number of ether oxygens (including phenoxy) is 1. The lowest BCUT2D eigenvalue weighted by Gasteiger charge is -2.30. The molecule has 0 fully saturated rings. The number of carbonyl (C=O) groups is 1. The number of hydrogen-bond donors (Lipinski definition) is 2. The van der Waals surface area contributed by atoms with Crippen molar-refractivity contribution in [3.05, 3.63) is 98.0 Å². The van der Waals surface area contributed by atoms with Crippen molar-refractivity contribution in [3.63, 3.8) is 0 Å². The molecule has 1 aromatic heterocycles. The molecular formula is C28H25F3N2O3. The lowest BCUT2D eigenvalue weighted by Crippen LogP contribution is -2.36. The SMILES string of the molecule is Cc1ccc2c(c1)Oc1cccc(C)c1C2NC(=O)c1cc(C2=CCCCC2)c(C(F)(F)F)[nH]c1=O. The highest BCUT2D eigenvalue weighted by atomic mass is 19.4. The molecule has 2 aromatic carbocycles. The Hall–Kier alpha value is -3.81. The third-order valence-corrected chi connectivity index (χ3v) is 6.75. The quantitative estimate of drug-likeness (QED) is 0.431. The van der Waals surface area contributed by atoms with Gasteiger partial charge in [-0.2, -0.15) is 13.2 Å². The molecule has 2 heterocycles. The zero-order valence-corrected chi connectivity index (χ0v) is 19.9. The molecule has 1 aliphatic heterocycles. The van der Waals surface area contributed by atoms with Gasteiger partial charge in [-0.15, -0.1) is 0 Å². The molecule has 0 spiro atoms. The van der Waals surface area contributed by atoms with E-state index in [9.17, 15) is 22.8 Å². The van der Waals surface area contributed by atoms with E-state index in [4.69, 9.17) is 4.74 Å². The van der Waals surface area contributed by atoms with Crippen molar-refractivity contribution >= 4 is 11.5 Å². The van der Waals surface area contributed by atoms with Gasteiger partial charge in [-0.1, -0.05) is 30.3 Å². The number of H-pyrrole nitrogens is 1. The topological polar surface area (TPSA) is 71.2 Å². The zero-order chi connectivity index (χ0) is 25.6. The minimum absolute atomic E-state index is 0.147. The van der Waals surface area contributed by atoms with Crippen LogP contribution in [-0.2, 0) is 6.18 Å². The van der Waals surface area contributed by atoms with E-state index in [2.05, 4.69) is 5.32 Å². The number of halogens is 3. The third kappa shape index (κ3) is 4.32. The van der Waals surface area contributed by atoms with Crippen molar-refractivity contribution in [2.75, 3.05) is 0 Å². The van der Waals surface area contributed by atoms with Gasteiger partial charge in [0, 0.05) is 16.7 Å². The summed E-state index contributed by atoms with van der Waals surface area (Å²) in [7, 11) is 0. The summed E-state index contributed by atoms with van der Waals surface area (Å²) in [6, 6.07) is 11.6. The Balaban J connectivity index is 1.59. The van der Waals surface area contributed by atoms with E-state index in [1.54, 1.807) is 12.1 Å². The van der Waals surface area contributed by atoms with Crippen LogP contribution in [0.15, 0.2) is 53.3 Å². The number of hydrogen-bond acceptors (Lipinski definition) is 3. The molecular weight excluding hydrogens is 469 g/mol. The minimum Gasteiger partial charge on any atom is -0.457 e. The van der Waals surface area contributed by atoms with Crippen LogP contribution in [0, 0.1) is 13.8 Å². The fourth-order valence-corrected chi connectivity index (χ4v) is 4.97. The molecule has 3 aromatic rings. The highest BCUT2D eigenvalue weighted by molar-refractivity contribution is 5.95. The zero-order valence-electron chi connectivity index (χ0n) is 19.9. The Bertz CT molecular complexity index is 1450. The molecule has 8 heteroatoms. The van der Waals surface area contributed by atoms with E-state index in [0.29, 0.717) is 35.5 Å². The average molecular weight is 495 g/mol. The van der Waals surface area contributed by atoms with Crippen molar-refractivity contribution in [3.8, 4) is 11.5 Å². The largest absolute Gasteiger partial charge is 0.457 e. The summed E-state index contributed by atoms with van der Waals surface area (Å²) in [6.45, 7) is 3.81. The fraction of sp³-hybridized carbons (Fsp3) is 0.286. The van der Waals surface area contributed by atoms with Crippen LogP contribution in [0.4, 0.5) is 13.2 Å². The molecule has 5 rings (SSSR count). The number of nitrogens with one attached hydrogen (secondary N) is 2. The Morgan fingerprint density at radius 3 is 2.61 bits per heavy atom. The molecule has 1 amide bonds. The van der Waals surface area contributed by atoms with Gasteiger partial charge in [-0.3, -0.25) is 9.59 Å². The smallest absolute Gasteiger partial charge is 0.431 e. The molecule has 2 aliphatic rings. The number of alkyl halides is 3. The molecule has 0 saturated heterocycles. The molecule has 0 saturated carbocycles. The number of rotatable bonds is 3. The summed E-state index contributed by atoms with van der Waals surface area (Å²) >= 11 is 0. The van der Waals surface area contributed by atoms with Gasteiger partial charge >= 0.3 is 6.18 Å². The van der Waals surface area contributed by atoms with Crippen LogP contribution in [-0.4, -0.2) is 10.9 Å². The number of benzene rings is 2. The second kappa shape index (κ2) is 9.00. The van der Waals surface area contributed by atoms with Gasteiger partial charge in [-0.25, -0.2) is 0 Å². The standard InChI is InChI=1S/C28H25F3N2O3/c1-15-11-12-18-22(13-15)36-21-10-6-7-16(2)23(21)24(18)32-26(34)20-14-19(17-8-4-3-5-9-17)25(28(29,30)31)33-27(20)35/h6-8,10-14,24H,3-5,9H2,1-2H3,(H,32,34)(H,33,35). The van der Waals surface area contributed by atoms with Gasteiger partial charge in [0.15, 0.2) is 0 Å². The number of aromatic amines is 1. The number of amides is 1. The summed E-state index contributed by atoms with van der Waals surface area (Å²) in [5.41, 5.74) is 1.07. The van der Waals surface area contributed by atoms with E-state index < -0.39 is 29.4 Å². The summed E-state index contributed by atoms with van der Waals surface area (Å²) in [4.78, 5) is 28.2. The first-order valence-electron chi connectivity index (χ1n) is 11.9. The van der Waals surface area contributed by atoms with Gasteiger partial charge in [0.25, 0.3) is 11.5 Å². The first-order chi connectivity index (χ1) is 17.1. The highest BCUT2D eigenvalue weighted by Crippen LogP contribution is 2.44.